The first-order chi connectivity index (χ1) is 15.3. The Morgan fingerprint density at radius 2 is 1.66 bits per heavy atom. The summed E-state index contributed by atoms with van der Waals surface area (Å²) in [5.41, 5.74) is 2.44. The molecule has 9 heteroatoms. The van der Waals surface area contributed by atoms with Crippen LogP contribution in [0.4, 0.5) is 5.69 Å². The number of carbonyl (C=O) groups excluding carboxylic acids is 1. The van der Waals surface area contributed by atoms with Gasteiger partial charge >= 0.3 is 0 Å². The van der Waals surface area contributed by atoms with Crippen LogP contribution in [-0.2, 0) is 21.2 Å². The molecule has 0 heterocycles. The summed E-state index contributed by atoms with van der Waals surface area (Å²) < 4.78 is 37.8. The van der Waals surface area contributed by atoms with E-state index in [0.717, 1.165) is 11.1 Å². The van der Waals surface area contributed by atoms with Crippen LogP contribution in [0.3, 0.4) is 0 Å². The normalized spacial score (nSPS) is 11.1. The lowest BCUT2D eigenvalue weighted by molar-refractivity contribution is -0.115. The maximum Gasteiger partial charge on any atom is 0.241 e. The van der Waals surface area contributed by atoms with Gasteiger partial charge in [0.05, 0.1) is 25.7 Å². The van der Waals surface area contributed by atoms with Gasteiger partial charge in [0.25, 0.3) is 0 Å². The third-order valence-corrected chi connectivity index (χ3v) is 6.30. The molecule has 0 spiro atoms. The van der Waals surface area contributed by atoms with Crippen LogP contribution < -0.4 is 19.5 Å². The summed E-state index contributed by atoms with van der Waals surface area (Å²) in [4.78, 5) is 12.4. The zero-order valence-electron chi connectivity index (χ0n) is 17.6. The first kappa shape index (κ1) is 23.6. The van der Waals surface area contributed by atoms with Gasteiger partial charge in [-0.1, -0.05) is 41.9 Å². The van der Waals surface area contributed by atoms with Crippen molar-refractivity contribution in [3.8, 4) is 11.5 Å². The molecule has 0 aliphatic rings. The molecule has 168 valence electrons. The van der Waals surface area contributed by atoms with Gasteiger partial charge in [-0.25, -0.2) is 13.1 Å². The van der Waals surface area contributed by atoms with Crippen molar-refractivity contribution in [2.75, 3.05) is 26.1 Å². The van der Waals surface area contributed by atoms with Crippen LogP contribution in [0.15, 0.2) is 71.6 Å². The predicted octanol–water partition coefficient (Wildman–Crippen LogP) is 3.87. The number of benzene rings is 3. The highest BCUT2D eigenvalue weighted by Crippen LogP contribution is 2.29. The molecule has 3 rings (SSSR count). The zero-order valence-corrected chi connectivity index (χ0v) is 19.2. The van der Waals surface area contributed by atoms with E-state index in [-0.39, 0.29) is 10.6 Å². The molecular formula is C23H23ClN2O5S. The Balaban J connectivity index is 1.70. The Morgan fingerprint density at radius 3 is 2.34 bits per heavy atom. The summed E-state index contributed by atoms with van der Waals surface area (Å²) in [7, 11) is -1.07. The van der Waals surface area contributed by atoms with Crippen LogP contribution in [0.2, 0.25) is 5.02 Å². The quantitative estimate of drug-likeness (QED) is 0.491. The Kier molecular flexibility index (Phi) is 7.74. The van der Waals surface area contributed by atoms with E-state index in [1.54, 1.807) is 18.2 Å². The Hall–Kier alpha value is -3.07. The van der Waals surface area contributed by atoms with E-state index in [1.165, 1.54) is 32.4 Å². The topological polar surface area (TPSA) is 93.7 Å². The molecule has 0 radical (unpaired) electrons. The SMILES string of the molecule is COc1ccc(S(=O)(=O)NCC(=O)Nc2ccc(Cl)cc2Cc2ccccc2)cc1OC. The fourth-order valence-corrected chi connectivity index (χ4v) is 4.26. The number of rotatable bonds is 9. The van der Waals surface area contributed by atoms with Gasteiger partial charge in [0, 0.05) is 16.8 Å². The van der Waals surface area contributed by atoms with Crippen LogP contribution >= 0.6 is 11.6 Å². The van der Waals surface area contributed by atoms with E-state index in [1.807, 2.05) is 30.3 Å². The van der Waals surface area contributed by atoms with Crippen molar-refractivity contribution in [1.82, 2.24) is 4.72 Å². The van der Waals surface area contributed by atoms with E-state index >= 15 is 0 Å². The lowest BCUT2D eigenvalue weighted by Gasteiger charge is -2.13. The van der Waals surface area contributed by atoms with Gasteiger partial charge in [0.2, 0.25) is 15.9 Å². The number of carbonyl (C=O) groups is 1. The number of methoxy groups -OCH3 is 2. The first-order valence-electron chi connectivity index (χ1n) is 9.66. The average Bonchev–Trinajstić information content (AvgIpc) is 2.79. The summed E-state index contributed by atoms with van der Waals surface area (Å²) in [6, 6.07) is 19.1. The van der Waals surface area contributed by atoms with Crippen molar-refractivity contribution >= 4 is 33.2 Å². The van der Waals surface area contributed by atoms with Crippen LogP contribution in [0.5, 0.6) is 11.5 Å². The number of halogens is 1. The third kappa shape index (κ3) is 6.00. The van der Waals surface area contributed by atoms with E-state index in [0.29, 0.717) is 22.9 Å². The molecule has 0 fully saturated rings. The van der Waals surface area contributed by atoms with E-state index < -0.39 is 22.5 Å². The second kappa shape index (κ2) is 10.5. The van der Waals surface area contributed by atoms with E-state index in [9.17, 15) is 13.2 Å². The van der Waals surface area contributed by atoms with Gasteiger partial charge in [-0.2, -0.15) is 0 Å². The molecule has 32 heavy (non-hydrogen) atoms. The molecule has 0 saturated heterocycles. The standard InChI is InChI=1S/C23H23ClN2O5S/c1-30-21-11-9-19(14-22(21)31-2)32(28,29)25-15-23(27)26-20-10-8-18(24)13-17(20)12-16-6-4-3-5-7-16/h3-11,13-14,25H,12,15H2,1-2H3,(H,26,27). The molecule has 7 nitrogen and oxygen atoms in total. The molecule has 0 atom stereocenters. The van der Waals surface area contributed by atoms with Gasteiger partial charge in [-0.3, -0.25) is 4.79 Å². The highest BCUT2D eigenvalue weighted by Gasteiger charge is 2.18. The number of hydrogen-bond acceptors (Lipinski definition) is 5. The molecule has 3 aromatic rings. The van der Waals surface area contributed by atoms with Crippen molar-refractivity contribution in [1.29, 1.82) is 0 Å². The maximum absolute atomic E-state index is 12.6. The van der Waals surface area contributed by atoms with Crippen LogP contribution in [0, 0.1) is 0 Å². The van der Waals surface area contributed by atoms with Crippen molar-refractivity contribution in [2.24, 2.45) is 0 Å². The van der Waals surface area contributed by atoms with Crippen LogP contribution in [0.1, 0.15) is 11.1 Å². The minimum Gasteiger partial charge on any atom is -0.493 e. The van der Waals surface area contributed by atoms with Crippen molar-refractivity contribution in [3.63, 3.8) is 0 Å². The van der Waals surface area contributed by atoms with Gasteiger partial charge in [-0.15, -0.1) is 0 Å². The minimum atomic E-state index is -3.94. The summed E-state index contributed by atoms with van der Waals surface area (Å²) in [6.45, 7) is -0.440. The van der Waals surface area contributed by atoms with Gasteiger partial charge in [0.1, 0.15) is 0 Å². The number of hydrogen-bond donors (Lipinski definition) is 2. The number of nitrogens with one attached hydrogen (secondary N) is 2. The number of ether oxygens (including phenoxy) is 2. The highest BCUT2D eigenvalue weighted by atomic mass is 35.5. The molecule has 0 bridgehead atoms. The highest BCUT2D eigenvalue weighted by molar-refractivity contribution is 7.89. The number of amides is 1. The monoisotopic (exact) mass is 474 g/mol. The first-order valence-corrected chi connectivity index (χ1v) is 11.5. The molecule has 0 aliphatic carbocycles. The van der Waals surface area contributed by atoms with Crippen molar-refractivity contribution in [2.45, 2.75) is 11.3 Å². The van der Waals surface area contributed by atoms with Crippen LogP contribution in [0.25, 0.3) is 0 Å². The second-order valence-corrected chi connectivity index (χ2v) is 9.06. The summed E-state index contributed by atoms with van der Waals surface area (Å²) >= 11 is 6.13. The van der Waals surface area contributed by atoms with Crippen LogP contribution in [-0.4, -0.2) is 35.1 Å². The minimum absolute atomic E-state index is 0.0424. The largest absolute Gasteiger partial charge is 0.493 e. The van der Waals surface area contributed by atoms with Gasteiger partial charge in [-0.05, 0) is 47.9 Å². The molecule has 2 N–H and O–H groups in total. The number of sulfonamides is 1. The summed E-state index contributed by atoms with van der Waals surface area (Å²) in [6.07, 6.45) is 0.564. The second-order valence-electron chi connectivity index (χ2n) is 6.85. The molecule has 0 aromatic heterocycles. The van der Waals surface area contributed by atoms with Crippen molar-refractivity contribution in [3.05, 3.63) is 82.9 Å². The maximum atomic E-state index is 12.6. The molecule has 1 amide bonds. The third-order valence-electron chi connectivity index (χ3n) is 4.67. The predicted molar refractivity (Wildman–Crippen MR) is 124 cm³/mol. The Labute approximate surface area is 192 Å². The molecule has 3 aromatic carbocycles. The van der Waals surface area contributed by atoms with Gasteiger partial charge < -0.3 is 14.8 Å². The molecule has 0 saturated carbocycles. The Bertz CT molecular complexity index is 1200. The van der Waals surface area contributed by atoms with E-state index in [2.05, 4.69) is 10.0 Å². The smallest absolute Gasteiger partial charge is 0.241 e. The lowest BCUT2D eigenvalue weighted by atomic mass is 10.0. The Morgan fingerprint density at radius 1 is 0.938 bits per heavy atom. The van der Waals surface area contributed by atoms with Gasteiger partial charge in [0.15, 0.2) is 11.5 Å². The average molecular weight is 475 g/mol. The number of anilines is 1. The fourth-order valence-electron chi connectivity index (χ4n) is 3.07. The van der Waals surface area contributed by atoms with Crippen molar-refractivity contribution < 1.29 is 22.7 Å². The zero-order chi connectivity index (χ0) is 23.1. The fraction of sp³-hybridized carbons (Fsp3) is 0.174. The molecule has 0 aliphatic heterocycles. The lowest BCUT2D eigenvalue weighted by Crippen LogP contribution is -2.33. The molecule has 0 unspecified atom stereocenters. The summed E-state index contributed by atoms with van der Waals surface area (Å²) in [5, 5.41) is 3.30. The molecular weight excluding hydrogens is 452 g/mol. The summed E-state index contributed by atoms with van der Waals surface area (Å²) in [5.74, 6) is 0.162. The van der Waals surface area contributed by atoms with E-state index in [4.69, 9.17) is 21.1 Å².